The van der Waals surface area contributed by atoms with Crippen LogP contribution in [0.15, 0.2) is 115 Å². The van der Waals surface area contributed by atoms with Gasteiger partial charge in [0, 0.05) is 13.0 Å². The first-order valence-corrected chi connectivity index (χ1v) is 12.0. The van der Waals surface area contributed by atoms with Crippen molar-refractivity contribution in [1.29, 1.82) is 0 Å². The lowest BCUT2D eigenvalue weighted by molar-refractivity contribution is 0.0946. The number of aliphatic hydroxyl groups excluding tert-OH is 1. The van der Waals surface area contributed by atoms with Crippen molar-refractivity contribution in [2.24, 2.45) is 0 Å². The van der Waals surface area contributed by atoms with Gasteiger partial charge in [0.2, 0.25) is 0 Å². The standard InChI is InChI=1S/C31H31NO3/c33-27(22-32-31(25-14-6-2-7-15-25)26-16-8-3-9-17-26)23-35-30-19-11-10-18-28(30)29(34)21-20-24-12-4-1-5-13-24/h1-19,27,31-33H,20-23H2/t27-/m1/s1. The summed E-state index contributed by atoms with van der Waals surface area (Å²) in [5.74, 6) is 0.539. The molecule has 4 heteroatoms. The number of ether oxygens (including phenoxy) is 1. The molecule has 0 aromatic heterocycles. The van der Waals surface area contributed by atoms with Crippen molar-refractivity contribution >= 4 is 5.78 Å². The summed E-state index contributed by atoms with van der Waals surface area (Å²) in [6, 6.07) is 37.5. The van der Waals surface area contributed by atoms with Gasteiger partial charge in [0.05, 0.1) is 11.6 Å². The van der Waals surface area contributed by atoms with E-state index in [1.165, 1.54) is 0 Å². The number of rotatable bonds is 12. The predicted octanol–water partition coefficient (Wildman–Crippen LogP) is 5.62. The smallest absolute Gasteiger partial charge is 0.166 e. The average Bonchev–Trinajstić information content (AvgIpc) is 2.92. The van der Waals surface area contributed by atoms with E-state index in [0.717, 1.165) is 16.7 Å². The maximum absolute atomic E-state index is 12.9. The zero-order valence-electron chi connectivity index (χ0n) is 19.7. The third kappa shape index (κ3) is 7.12. The summed E-state index contributed by atoms with van der Waals surface area (Å²) in [4.78, 5) is 12.9. The number of carbonyl (C=O) groups excluding carboxylic acids is 1. The lowest BCUT2D eigenvalue weighted by Crippen LogP contribution is -2.34. The molecule has 0 radical (unpaired) electrons. The Bertz CT molecular complexity index is 1140. The van der Waals surface area contributed by atoms with Crippen molar-refractivity contribution in [1.82, 2.24) is 5.32 Å². The van der Waals surface area contributed by atoms with Crippen molar-refractivity contribution in [2.45, 2.75) is 25.0 Å². The molecule has 0 aliphatic rings. The molecule has 4 rings (SSSR count). The van der Waals surface area contributed by atoms with Gasteiger partial charge in [-0.2, -0.15) is 0 Å². The number of hydrogen-bond donors (Lipinski definition) is 2. The SMILES string of the molecule is O=C(CCc1ccccc1)c1ccccc1OC[C@H](O)CNC(c1ccccc1)c1ccccc1. The van der Waals surface area contributed by atoms with Crippen molar-refractivity contribution in [3.05, 3.63) is 138 Å². The predicted molar refractivity (Wildman–Crippen MR) is 140 cm³/mol. The van der Waals surface area contributed by atoms with E-state index in [9.17, 15) is 9.90 Å². The minimum atomic E-state index is -0.739. The van der Waals surface area contributed by atoms with Crippen LogP contribution in [0.3, 0.4) is 0 Å². The minimum Gasteiger partial charge on any atom is -0.490 e. The summed E-state index contributed by atoms with van der Waals surface area (Å²) >= 11 is 0. The van der Waals surface area contributed by atoms with Crippen molar-refractivity contribution in [2.75, 3.05) is 13.2 Å². The molecule has 0 bridgehead atoms. The Morgan fingerprint density at radius 2 is 1.29 bits per heavy atom. The molecule has 0 fully saturated rings. The first kappa shape index (κ1) is 24.4. The molecule has 35 heavy (non-hydrogen) atoms. The zero-order valence-corrected chi connectivity index (χ0v) is 19.7. The van der Waals surface area contributed by atoms with Crippen molar-refractivity contribution < 1.29 is 14.6 Å². The number of aliphatic hydroxyl groups is 1. The van der Waals surface area contributed by atoms with Crippen LogP contribution in [0.2, 0.25) is 0 Å². The molecule has 0 spiro atoms. The van der Waals surface area contributed by atoms with Crippen LogP contribution in [-0.4, -0.2) is 30.1 Å². The summed E-state index contributed by atoms with van der Waals surface area (Å²) in [6.45, 7) is 0.435. The Morgan fingerprint density at radius 3 is 1.91 bits per heavy atom. The number of aryl methyl sites for hydroxylation is 1. The van der Waals surface area contributed by atoms with Gasteiger partial charge in [0.1, 0.15) is 18.5 Å². The first-order valence-electron chi connectivity index (χ1n) is 12.0. The Balaban J connectivity index is 1.34. The van der Waals surface area contributed by atoms with Gasteiger partial charge in [0.15, 0.2) is 5.78 Å². The summed E-state index contributed by atoms with van der Waals surface area (Å²) < 4.78 is 5.90. The number of carbonyl (C=O) groups is 1. The van der Waals surface area contributed by atoms with Gasteiger partial charge >= 0.3 is 0 Å². The van der Waals surface area contributed by atoms with Gasteiger partial charge in [-0.3, -0.25) is 4.79 Å². The summed E-state index contributed by atoms with van der Waals surface area (Å²) in [5.41, 5.74) is 3.93. The second-order valence-electron chi connectivity index (χ2n) is 8.53. The molecular weight excluding hydrogens is 434 g/mol. The number of benzene rings is 4. The Morgan fingerprint density at radius 1 is 0.743 bits per heavy atom. The van der Waals surface area contributed by atoms with Crippen LogP contribution in [0.4, 0.5) is 0 Å². The number of para-hydroxylation sites is 1. The van der Waals surface area contributed by atoms with E-state index in [0.29, 0.717) is 30.7 Å². The van der Waals surface area contributed by atoms with E-state index in [4.69, 9.17) is 4.74 Å². The zero-order chi connectivity index (χ0) is 24.3. The third-order valence-corrected chi connectivity index (χ3v) is 5.93. The van der Waals surface area contributed by atoms with E-state index < -0.39 is 6.10 Å². The van der Waals surface area contributed by atoms with Crippen LogP contribution in [0.5, 0.6) is 5.75 Å². The quantitative estimate of drug-likeness (QED) is 0.267. The molecule has 1 atom stereocenters. The van der Waals surface area contributed by atoms with E-state index in [-0.39, 0.29) is 18.4 Å². The highest BCUT2D eigenvalue weighted by atomic mass is 16.5. The van der Waals surface area contributed by atoms with Gasteiger partial charge in [-0.1, -0.05) is 103 Å². The molecule has 178 valence electrons. The van der Waals surface area contributed by atoms with Crippen LogP contribution in [0.1, 0.15) is 39.5 Å². The molecule has 0 unspecified atom stereocenters. The first-order chi connectivity index (χ1) is 17.2. The number of nitrogens with one attached hydrogen (secondary N) is 1. The molecule has 4 nitrogen and oxygen atoms in total. The Labute approximate surface area is 207 Å². The Kier molecular flexibility index (Phi) is 8.82. The van der Waals surface area contributed by atoms with Crippen molar-refractivity contribution in [3.8, 4) is 5.75 Å². The highest BCUT2D eigenvalue weighted by Gasteiger charge is 2.17. The van der Waals surface area contributed by atoms with Gasteiger partial charge in [-0.25, -0.2) is 0 Å². The summed E-state index contributed by atoms with van der Waals surface area (Å²) in [6.07, 6.45) is 0.350. The van der Waals surface area contributed by atoms with Crippen LogP contribution >= 0.6 is 0 Å². The minimum absolute atomic E-state index is 0.0327. The third-order valence-electron chi connectivity index (χ3n) is 5.93. The van der Waals surface area contributed by atoms with Gasteiger partial charge in [0.25, 0.3) is 0 Å². The molecule has 0 saturated carbocycles. The Hall–Kier alpha value is -3.73. The largest absolute Gasteiger partial charge is 0.490 e. The molecular formula is C31H31NO3. The second-order valence-corrected chi connectivity index (χ2v) is 8.53. The van der Waals surface area contributed by atoms with Gasteiger partial charge < -0.3 is 15.2 Å². The molecule has 0 heterocycles. The second kappa shape index (κ2) is 12.7. The van der Waals surface area contributed by atoms with E-state index in [2.05, 4.69) is 29.6 Å². The van der Waals surface area contributed by atoms with Crippen molar-refractivity contribution in [3.63, 3.8) is 0 Å². The molecule has 4 aromatic carbocycles. The highest BCUT2D eigenvalue weighted by molar-refractivity contribution is 5.98. The normalized spacial score (nSPS) is 11.8. The fraction of sp³-hybridized carbons (Fsp3) is 0.194. The topological polar surface area (TPSA) is 58.6 Å². The number of hydrogen-bond acceptors (Lipinski definition) is 4. The average molecular weight is 466 g/mol. The molecule has 0 aliphatic heterocycles. The van der Waals surface area contributed by atoms with Crippen LogP contribution < -0.4 is 10.1 Å². The maximum Gasteiger partial charge on any atom is 0.166 e. The lowest BCUT2D eigenvalue weighted by atomic mass is 9.98. The lowest BCUT2D eigenvalue weighted by Gasteiger charge is -2.22. The van der Waals surface area contributed by atoms with E-state index >= 15 is 0 Å². The fourth-order valence-corrected chi connectivity index (χ4v) is 4.08. The van der Waals surface area contributed by atoms with Gasteiger partial charge in [-0.05, 0) is 35.2 Å². The monoisotopic (exact) mass is 465 g/mol. The van der Waals surface area contributed by atoms with E-state index in [1.807, 2.05) is 78.9 Å². The number of Topliss-reactive ketones (excluding diaryl/α,β-unsaturated/α-hetero) is 1. The fourth-order valence-electron chi connectivity index (χ4n) is 4.08. The van der Waals surface area contributed by atoms with Crippen LogP contribution in [-0.2, 0) is 6.42 Å². The molecule has 0 aliphatic carbocycles. The van der Waals surface area contributed by atoms with Crippen LogP contribution in [0.25, 0.3) is 0 Å². The molecule has 4 aromatic rings. The molecule has 0 saturated heterocycles. The number of ketones is 1. The summed E-state index contributed by atoms with van der Waals surface area (Å²) in [7, 11) is 0. The maximum atomic E-state index is 12.9. The van der Waals surface area contributed by atoms with Gasteiger partial charge in [-0.15, -0.1) is 0 Å². The summed E-state index contributed by atoms with van der Waals surface area (Å²) in [5, 5.41) is 14.1. The molecule has 2 N–H and O–H groups in total. The van der Waals surface area contributed by atoms with E-state index in [1.54, 1.807) is 12.1 Å². The highest BCUT2D eigenvalue weighted by Crippen LogP contribution is 2.23. The molecule has 0 amide bonds. The van der Waals surface area contributed by atoms with Crippen LogP contribution in [0, 0.1) is 0 Å².